The number of rotatable bonds is 6. The van der Waals surface area contributed by atoms with Crippen LogP contribution in [-0.4, -0.2) is 25.3 Å². The van der Waals surface area contributed by atoms with E-state index in [-0.39, 0.29) is 6.42 Å². The van der Waals surface area contributed by atoms with Gasteiger partial charge in [0.2, 0.25) is 0 Å². The molecule has 0 unspecified atom stereocenters. The fourth-order valence-corrected chi connectivity index (χ4v) is 1.87. The van der Waals surface area contributed by atoms with E-state index in [2.05, 4.69) is 0 Å². The second-order valence-electron chi connectivity index (χ2n) is 3.69. The molecule has 0 radical (unpaired) electrons. The van der Waals surface area contributed by atoms with Gasteiger partial charge >= 0.3 is 5.97 Å². The summed E-state index contributed by atoms with van der Waals surface area (Å²) >= 11 is 0. The van der Waals surface area contributed by atoms with Crippen LogP contribution in [0.2, 0.25) is 0 Å². The molecule has 0 aromatic heterocycles. The quantitative estimate of drug-likeness (QED) is 0.826. The molecule has 1 aromatic rings. The lowest BCUT2D eigenvalue weighted by molar-refractivity contribution is -0.136. The third-order valence-corrected chi connectivity index (χ3v) is 2.72. The average Bonchev–Trinajstić information content (AvgIpc) is 2.34. The summed E-state index contributed by atoms with van der Waals surface area (Å²) in [4.78, 5) is 10.7. The molecule has 1 aromatic carbocycles. The first-order valence-corrected chi connectivity index (χ1v) is 5.58. The van der Waals surface area contributed by atoms with Crippen molar-refractivity contribution in [2.45, 2.75) is 26.2 Å². The highest BCUT2D eigenvalue weighted by Gasteiger charge is 2.14. The fraction of sp³-hybridized carbons (Fsp3) is 0.462. The summed E-state index contributed by atoms with van der Waals surface area (Å²) in [5.41, 5.74) is 2.03. The summed E-state index contributed by atoms with van der Waals surface area (Å²) in [7, 11) is 3.14. The number of hydrogen-bond acceptors (Lipinski definition) is 3. The van der Waals surface area contributed by atoms with Crippen LogP contribution in [0.4, 0.5) is 0 Å². The van der Waals surface area contributed by atoms with Crippen LogP contribution in [0, 0.1) is 0 Å². The first kappa shape index (κ1) is 13.4. The SMILES string of the molecule is CCc1ccc(OC)c(OC)c1CCC(=O)O. The number of carboxylic acids is 1. The zero-order valence-electron chi connectivity index (χ0n) is 10.4. The van der Waals surface area contributed by atoms with E-state index in [0.717, 1.165) is 17.5 Å². The van der Waals surface area contributed by atoms with Gasteiger partial charge in [-0.15, -0.1) is 0 Å². The summed E-state index contributed by atoms with van der Waals surface area (Å²) in [6, 6.07) is 3.81. The van der Waals surface area contributed by atoms with Gasteiger partial charge in [-0.05, 0) is 24.5 Å². The number of benzene rings is 1. The number of ether oxygens (including phenoxy) is 2. The van der Waals surface area contributed by atoms with E-state index in [1.807, 2.05) is 19.1 Å². The van der Waals surface area contributed by atoms with Crippen LogP contribution in [0.3, 0.4) is 0 Å². The average molecular weight is 238 g/mol. The summed E-state index contributed by atoms with van der Waals surface area (Å²) in [5, 5.41) is 8.76. The molecule has 1 N–H and O–H groups in total. The topological polar surface area (TPSA) is 55.8 Å². The van der Waals surface area contributed by atoms with Crippen molar-refractivity contribution in [1.82, 2.24) is 0 Å². The van der Waals surface area contributed by atoms with Gasteiger partial charge in [-0.25, -0.2) is 0 Å². The standard InChI is InChI=1S/C13H18O4/c1-4-9-5-7-11(16-2)13(17-3)10(9)6-8-12(14)15/h5,7H,4,6,8H2,1-3H3,(H,14,15). The summed E-state index contributed by atoms with van der Waals surface area (Å²) in [5.74, 6) is 0.482. The first-order valence-electron chi connectivity index (χ1n) is 5.58. The minimum atomic E-state index is -0.808. The second kappa shape index (κ2) is 6.13. The molecule has 0 bridgehead atoms. The summed E-state index contributed by atoms with van der Waals surface area (Å²) in [6.07, 6.45) is 1.39. The lowest BCUT2D eigenvalue weighted by Gasteiger charge is -2.15. The third-order valence-electron chi connectivity index (χ3n) is 2.72. The molecule has 4 nitrogen and oxygen atoms in total. The van der Waals surface area contributed by atoms with Crippen LogP contribution >= 0.6 is 0 Å². The van der Waals surface area contributed by atoms with Crippen LogP contribution in [0.15, 0.2) is 12.1 Å². The van der Waals surface area contributed by atoms with Gasteiger partial charge in [0.1, 0.15) is 0 Å². The van der Waals surface area contributed by atoms with E-state index in [0.29, 0.717) is 17.9 Å². The van der Waals surface area contributed by atoms with Crippen LogP contribution in [0.1, 0.15) is 24.5 Å². The summed E-state index contributed by atoms with van der Waals surface area (Å²) in [6.45, 7) is 2.03. The molecule has 0 amide bonds. The normalized spacial score (nSPS) is 10.1. The van der Waals surface area contributed by atoms with Gasteiger partial charge in [-0.3, -0.25) is 4.79 Å². The molecule has 94 valence electrons. The molecule has 4 heteroatoms. The van der Waals surface area contributed by atoms with Crippen molar-refractivity contribution in [2.24, 2.45) is 0 Å². The van der Waals surface area contributed by atoms with E-state index in [1.165, 1.54) is 0 Å². The van der Waals surface area contributed by atoms with Gasteiger partial charge in [-0.1, -0.05) is 13.0 Å². The Morgan fingerprint density at radius 2 is 2.00 bits per heavy atom. The molecule has 0 spiro atoms. The van der Waals surface area contributed by atoms with Crippen molar-refractivity contribution in [3.8, 4) is 11.5 Å². The third kappa shape index (κ3) is 3.12. The molecule has 0 saturated carbocycles. The Kier molecular flexibility index (Phi) is 4.82. The van der Waals surface area contributed by atoms with Gasteiger partial charge in [-0.2, -0.15) is 0 Å². The Morgan fingerprint density at radius 3 is 2.47 bits per heavy atom. The monoisotopic (exact) mass is 238 g/mol. The molecule has 0 fully saturated rings. The Bertz CT molecular complexity index is 399. The smallest absolute Gasteiger partial charge is 0.303 e. The van der Waals surface area contributed by atoms with E-state index in [4.69, 9.17) is 14.6 Å². The lowest BCUT2D eigenvalue weighted by atomic mass is 9.99. The largest absolute Gasteiger partial charge is 0.493 e. The maximum Gasteiger partial charge on any atom is 0.303 e. The van der Waals surface area contributed by atoms with Gasteiger partial charge < -0.3 is 14.6 Å². The van der Waals surface area contributed by atoms with Crippen LogP contribution < -0.4 is 9.47 Å². The molecule has 0 aliphatic rings. The predicted octanol–water partition coefficient (Wildman–Crippen LogP) is 2.28. The minimum Gasteiger partial charge on any atom is -0.493 e. The van der Waals surface area contributed by atoms with Gasteiger partial charge in [0, 0.05) is 12.0 Å². The number of carboxylic acid groups (broad SMARTS) is 1. The van der Waals surface area contributed by atoms with E-state index < -0.39 is 5.97 Å². The molecule has 1 rings (SSSR count). The zero-order valence-corrected chi connectivity index (χ0v) is 10.4. The number of methoxy groups -OCH3 is 2. The zero-order chi connectivity index (χ0) is 12.8. The molecule has 0 aliphatic carbocycles. The Morgan fingerprint density at radius 1 is 1.29 bits per heavy atom. The maximum atomic E-state index is 10.7. The van der Waals surface area contributed by atoms with Crippen molar-refractivity contribution >= 4 is 5.97 Å². The van der Waals surface area contributed by atoms with E-state index in [1.54, 1.807) is 14.2 Å². The van der Waals surface area contributed by atoms with Crippen molar-refractivity contribution < 1.29 is 19.4 Å². The Labute approximate surface area is 101 Å². The number of hydrogen-bond donors (Lipinski definition) is 1. The van der Waals surface area contributed by atoms with Crippen molar-refractivity contribution in [3.63, 3.8) is 0 Å². The Balaban J connectivity index is 3.15. The highest BCUT2D eigenvalue weighted by Crippen LogP contribution is 2.34. The van der Waals surface area contributed by atoms with E-state index in [9.17, 15) is 4.79 Å². The number of carbonyl (C=O) groups is 1. The Hall–Kier alpha value is -1.71. The van der Waals surface area contributed by atoms with Gasteiger partial charge in [0.15, 0.2) is 11.5 Å². The van der Waals surface area contributed by atoms with Crippen LogP contribution in [0.5, 0.6) is 11.5 Å². The van der Waals surface area contributed by atoms with Crippen molar-refractivity contribution in [1.29, 1.82) is 0 Å². The number of aryl methyl sites for hydroxylation is 1. The van der Waals surface area contributed by atoms with E-state index >= 15 is 0 Å². The van der Waals surface area contributed by atoms with Gasteiger partial charge in [0.05, 0.1) is 14.2 Å². The van der Waals surface area contributed by atoms with Crippen LogP contribution in [-0.2, 0) is 17.6 Å². The minimum absolute atomic E-state index is 0.0938. The van der Waals surface area contributed by atoms with Crippen LogP contribution in [0.25, 0.3) is 0 Å². The molecule has 0 heterocycles. The predicted molar refractivity (Wildman–Crippen MR) is 64.9 cm³/mol. The lowest BCUT2D eigenvalue weighted by Crippen LogP contribution is -2.04. The fourth-order valence-electron chi connectivity index (χ4n) is 1.87. The summed E-state index contributed by atoms with van der Waals surface area (Å²) < 4.78 is 10.5. The molecule has 0 saturated heterocycles. The highest BCUT2D eigenvalue weighted by atomic mass is 16.5. The molecular weight excluding hydrogens is 220 g/mol. The highest BCUT2D eigenvalue weighted by molar-refractivity contribution is 5.67. The van der Waals surface area contributed by atoms with Gasteiger partial charge in [0.25, 0.3) is 0 Å². The number of aliphatic carboxylic acids is 1. The molecule has 0 aliphatic heterocycles. The first-order chi connectivity index (χ1) is 8.13. The van der Waals surface area contributed by atoms with Crippen molar-refractivity contribution in [2.75, 3.05) is 14.2 Å². The van der Waals surface area contributed by atoms with Crippen molar-refractivity contribution in [3.05, 3.63) is 23.3 Å². The maximum absolute atomic E-state index is 10.7. The molecule has 17 heavy (non-hydrogen) atoms. The molecular formula is C13H18O4. The second-order valence-corrected chi connectivity index (χ2v) is 3.69. The molecule has 0 atom stereocenters.